The Kier molecular flexibility index (Phi) is 3.10. The average Bonchev–Trinajstić information content (AvgIpc) is 2.02. The van der Waals surface area contributed by atoms with Crippen molar-refractivity contribution in [3.63, 3.8) is 0 Å². The topological polar surface area (TPSA) is 71.4 Å². The highest BCUT2D eigenvalue weighted by Gasteiger charge is 2.16. The van der Waals surface area contributed by atoms with Gasteiger partial charge < -0.3 is 5.11 Å². The normalized spacial score (nSPS) is 11.3. The lowest BCUT2D eigenvalue weighted by atomic mass is 10.2. The quantitative estimate of drug-likeness (QED) is 0.661. The lowest BCUT2D eigenvalue weighted by Crippen LogP contribution is -2.02. The van der Waals surface area contributed by atoms with Gasteiger partial charge in [0, 0.05) is 3.57 Å². The Morgan fingerprint density at radius 2 is 2.00 bits per heavy atom. The van der Waals surface area contributed by atoms with Crippen LogP contribution in [-0.2, 0) is 10.2 Å². The molecule has 0 heterocycles. The van der Waals surface area contributed by atoms with Crippen LogP contribution in [0.3, 0.4) is 0 Å². The fourth-order valence-corrected chi connectivity index (χ4v) is 1.88. The minimum Gasteiger partial charge on any atom is -0.478 e. The first-order valence-corrected chi connectivity index (χ1v) is 5.76. The van der Waals surface area contributed by atoms with Gasteiger partial charge in [0.1, 0.15) is 0 Å². The van der Waals surface area contributed by atoms with Gasteiger partial charge in [0.25, 0.3) is 0 Å². The van der Waals surface area contributed by atoms with E-state index in [0.29, 0.717) is 3.57 Å². The molecule has 4 nitrogen and oxygen atoms in total. The number of carboxylic acid groups (broad SMARTS) is 1. The van der Waals surface area contributed by atoms with Crippen molar-refractivity contribution in [2.45, 2.75) is 4.90 Å². The Labute approximate surface area is 93.1 Å². The minimum absolute atomic E-state index is 0.232. The van der Waals surface area contributed by atoms with Crippen molar-refractivity contribution in [2.24, 2.45) is 0 Å². The summed E-state index contributed by atoms with van der Waals surface area (Å²) in [6.45, 7) is 0. The van der Waals surface area contributed by atoms with Gasteiger partial charge in [-0.15, -0.1) is 3.89 Å². The number of aromatic carboxylic acids is 1. The van der Waals surface area contributed by atoms with Gasteiger partial charge in [-0.1, -0.05) is 0 Å². The fourth-order valence-electron chi connectivity index (χ4n) is 0.820. The van der Waals surface area contributed by atoms with E-state index < -0.39 is 21.1 Å². The first-order chi connectivity index (χ1) is 6.32. The summed E-state index contributed by atoms with van der Waals surface area (Å²) >= 11 is 1.72. The summed E-state index contributed by atoms with van der Waals surface area (Å²) < 4.78 is 33.7. The number of benzene rings is 1. The summed E-state index contributed by atoms with van der Waals surface area (Å²) in [4.78, 5) is 9.94. The number of carbonyl (C=O) groups is 1. The third-order valence-corrected chi connectivity index (χ3v) is 3.21. The molecular formula is C7H4FIO4S. The molecule has 0 bridgehead atoms. The van der Waals surface area contributed by atoms with E-state index in [0.717, 1.165) is 12.1 Å². The van der Waals surface area contributed by atoms with Crippen molar-refractivity contribution in [1.82, 2.24) is 0 Å². The van der Waals surface area contributed by atoms with E-state index in [4.69, 9.17) is 5.11 Å². The van der Waals surface area contributed by atoms with Crippen molar-refractivity contribution in [3.8, 4) is 0 Å². The largest absolute Gasteiger partial charge is 0.478 e. The molecule has 0 saturated heterocycles. The van der Waals surface area contributed by atoms with Gasteiger partial charge in [0.2, 0.25) is 0 Å². The van der Waals surface area contributed by atoms with Crippen molar-refractivity contribution in [3.05, 3.63) is 27.3 Å². The Bertz CT molecular complexity index is 482. The SMILES string of the molecule is O=C(O)c1cc(S(=O)(=O)F)ccc1I. The van der Waals surface area contributed by atoms with Gasteiger partial charge in [-0.2, -0.15) is 8.42 Å². The highest BCUT2D eigenvalue weighted by molar-refractivity contribution is 14.1. The van der Waals surface area contributed by atoms with Gasteiger partial charge in [0.05, 0.1) is 10.5 Å². The second-order valence-electron chi connectivity index (χ2n) is 2.38. The third kappa shape index (κ3) is 2.41. The van der Waals surface area contributed by atoms with E-state index in [2.05, 4.69) is 0 Å². The van der Waals surface area contributed by atoms with Crippen LogP contribution in [0, 0.1) is 3.57 Å². The fraction of sp³-hybridized carbons (Fsp3) is 0. The maximum atomic E-state index is 12.5. The number of hydrogen-bond acceptors (Lipinski definition) is 3. The van der Waals surface area contributed by atoms with Gasteiger partial charge in [-0.05, 0) is 40.8 Å². The highest BCUT2D eigenvalue weighted by Crippen LogP contribution is 2.19. The van der Waals surface area contributed by atoms with E-state index in [1.165, 1.54) is 6.07 Å². The van der Waals surface area contributed by atoms with Crippen LogP contribution >= 0.6 is 22.6 Å². The Morgan fingerprint density at radius 1 is 1.43 bits per heavy atom. The molecule has 0 unspecified atom stereocenters. The molecule has 0 aliphatic heterocycles. The van der Waals surface area contributed by atoms with Crippen LogP contribution in [0.5, 0.6) is 0 Å². The molecule has 0 atom stereocenters. The first kappa shape index (κ1) is 11.4. The predicted octanol–water partition coefficient (Wildman–Crippen LogP) is 1.65. The summed E-state index contributed by atoms with van der Waals surface area (Å²) in [7, 11) is -4.84. The van der Waals surface area contributed by atoms with Crippen LogP contribution in [0.4, 0.5) is 3.89 Å². The molecule has 1 aromatic rings. The molecule has 0 fully saturated rings. The summed E-state index contributed by atoms with van der Waals surface area (Å²) in [5, 5.41) is 8.63. The number of hydrogen-bond donors (Lipinski definition) is 1. The van der Waals surface area contributed by atoms with Crippen molar-refractivity contribution in [1.29, 1.82) is 0 Å². The van der Waals surface area contributed by atoms with Crippen LogP contribution in [0.2, 0.25) is 0 Å². The molecule has 1 N–H and O–H groups in total. The zero-order valence-electron chi connectivity index (χ0n) is 6.57. The molecule has 0 aliphatic carbocycles. The van der Waals surface area contributed by atoms with E-state index in [-0.39, 0.29) is 5.56 Å². The predicted molar refractivity (Wildman–Crippen MR) is 54.4 cm³/mol. The zero-order valence-corrected chi connectivity index (χ0v) is 9.54. The molecule has 0 aromatic heterocycles. The molecule has 7 heteroatoms. The van der Waals surface area contributed by atoms with E-state index in [1.807, 2.05) is 0 Å². The summed E-state index contributed by atoms with van der Waals surface area (Å²) in [6, 6.07) is 3.04. The summed E-state index contributed by atoms with van der Waals surface area (Å²) in [6.07, 6.45) is 0. The van der Waals surface area contributed by atoms with Crippen LogP contribution in [-0.4, -0.2) is 19.5 Å². The molecule has 0 spiro atoms. The third-order valence-electron chi connectivity index (χ3n) is 1.45. The standard InChI is InChI=1S/C7H4FIO4S/c8-14(12,13)4-1-2-6(9)5(3-4)7(10)11/h1-3H,(H,10,11). The van der Waals surface area contributed by atoms with Crippen LogP contribution in [0.1, 0.15) is 10.4 Å². The first-order valence-electron chi connectivity index (χ1n) is 3.30. The lowest BCUT2D eigenvalue weighted by molar-refractivity contribution is 0.0695. The zero-order chi connectivity index (χ0) is 10.9. The minimum atomic E-state index is -4.84. The number of rotatable bonds is 2. The van der Waals surface area contributed by atoms with E-state index in [1.54, 1.807) is 22.6 Å². The molecule has 0 amide bonds. The molecule has 1 aromatic carbocycles. The second kappa shape index (κ2) is 3.81. The molecule has 14 heavy (non-hydrogen) atoms. The van der Waals surface area contributed by atoms with Gasteiger partial charge >= 0.3 is 16.2 Å². The Balaban J connectivity index is 3.42. The number of carboxylic acids is 1. The van der Waals surface area contributed by atoms with E-state index in [9.17, 15) is 17.1 Å². The Hall–Kier alpha value is -0.700. The Morgan fingerprint density at radius 3 is 2.43 bits per heavy atom. The molecule has 0 radical (unpaired) electrons. The maximum Gasteiger partial charge on any atom is 0.336 e. The van der Waals surface area contributed by atoms with Crippen LogP contribution < -0.4 is 0 Å². The summed E-state index contributed by atoms with van der Waals surface area (Å²) in [5.41, 5.74) is -0.232. The van der Waals surface area contributed by atoms with Crippen molar-refractivity contribution >= 4 is 38.8 Å². The van der Waals surface area contributed by atoms with Gasteiger partial charge in [0.15, 0.2) is 0 Å². The second-order valence-corrected chi connectivity index (χ2v) is 4.89. The van der Waals surface area contributed by atoms with Crippen LogP contribution in [0.25, 0.3) is 0 Å². The lowest BCUT2D eigenvalue weighted by Gasteiger charge is -2.00. The molecule has 0 saturated carbocycles. The van der Waals surface area contributed by atoms with Gasteiger partial charge in [-0.25, -0.2) is 4.79 Å². The maximum absolute atomic E-state index is 12.5. The van der Waals surface area contributed by atoms with Crippen molar-refractivity contribution in [2.75, 3.05) is 0 Å². The molecule has 76 valence electrons. The van der Waals surface area contributed by atoms with Crippen molar-refractivity contribution < 1.29 is 22.2 Å². The van der Waals surface area contributed by atoms with Crippen LogP contribution in [0.15, 0.2) is 23.1 Å². The number of halogens is 2. The average molecular weight is 330 g/mol. The van der Waals surface area contributed by atoms with Gasteiger partial charge in [-0.3, -0.25) is 0 Å². The summed E-state index contributed by atoms with van der Waals surface area (Å²) in [5.74, 6) is -1.29. The molecule has 0 aliphatic rings. The molecule has 1 rings (SSSR count). The highest BCUT2D eigenvalue weighted by atomic mass is 127. The van der Waals surface area contributed by atoms with E-state index >= 15 is 0 Å². The molecular weight excluding hydrogens is 326 g/mol. The monoisotopic (exact) mass is 330 g/mol. The smallest absolute Gasteiger partial charge is 0.336 e.